The zero-order valence-electron chi connectivity index (χ0n) is 15.1. The molecule has 1 N–H and O–H groups in total. The Kier molecular flexibility index (Phi) is 5.05. The smallest absolute Gasteiger partial charge is 0.349 e. The Morgan fingerprint density at radius 1 is 1.41 bits per heavy atom. The maximum atomic E-state index is 12.5. The fraction of sp³-hybridized carbons (Fsp3) is 0.350. The first-order valence-corrected chi connectivity index (χ1v) is 9.97. The average Bonchev–Trinajstić information content (AvgIpc) is 3.07. The van der Waals surface area contributed by atoms with Gasteiger partial charge >= 0.3 is 5.63 Å². The summed E-state index contributed by atoms with van der Waals surface area (Å²) in [5.41, 5.74) is 0.738. The first-order chi connectivity index (χ1) is 13.1. The maximum Gasteiger partial charge on any atom is 0.349 e. The summed E-state index contributed by atoms with van der Waals surface area (Å²) in [6.45, 7) is 5.22. The van der Waals surface area contributed by atoms with Crippen LogP contribution in [0.4, 0.5) is 5.13 Å². The van der Waals surface area contributed by atoms with Crippen LogP contribution in [-0.4, -0.2) is 28.9 Å². The Morgan fingerprint density at radius 3 is 3.11 bits per heavy atom. The van der Waals surface area contributed by atoms with Crippen LogP contribution in [0.1, 0.15) is 35.8 Å². The first-order valence-electron chi connectivity index (χ1n) is 9.09. The monoisotopic (exact) mass is 383 g/mol. The van der Waals surface area contributed by atoms with Crippen LogP contribution >= 0.6 is 11.3 Å². The van der Waals surface area contributed by atoms with Crippen LogP contribution in [0.5, 0.6) is 0 Å². The van der Waals surface area contributed by atoms with E-state index in [2.05, 4.69) is 22.1 Å². The molecule has 1 aliphatic rings. The zero-order valence-corrected chi connectivity index (χ0v) is 15.9. The van der Waals surface area contributed by atoms with Gasteiger partial charge in [-0.05, 0) is 37.4 Å². The molecule has 1 aromatic carbocycles. The fourth-order valence-electron chi connectivity index (χ4n) is 3.48. The lowest BCUT2D eigenvalue weighted by atomic mass is 10.0. The summed E-state index contributed by atoms with van der Waals surface area (Å²) in [4.78, 5) is 31.5. The minimum atomic E-state index is -0.648. The van der Waals surface area contributed by atoms with E-state index in [0.717, 1.165) is 25.3 Å². The number of rotatable bonds is 4. The molecule has 27 heavy (non-hydrogen) atoms. The molecule has 0 aliphatic carbocycles. The molecule has 1 atom stereocenters. The number of anilines is 1. The highest BCUT2D eigenvalue weighted by Gasteiger charge is 2.19. The molecule has 1 fully saturated rings. The Hall–Kier alpha value is -2.51. The standard InChI is InChI=1S/C20H21N3O3S/c1-13-5-4-8-23(10-13)11-15-12-27-20(21-15)22-18(24)16-9-14-6-2-3-7-17(14)26-19(16)25/h2-3,6-7,9,12-13H,4-5,8,10-11H2,1H3,(H,21,22,24). The summed E-state index contributed by atoms with van der Waals surface area (Å²) in [5, 5.41) is 5.88. The van der Waals surface area contributed by atoms with Crippen molar-refractivity contribution in [2.24, 2.45) is 5.92 Å². The number of piperidine rings is 1. The van der Waals surface area contributed by atoms with Crippen molar-refractivity contribution in [3.05, 3.63) is 57.4 Å². The molecule has 7 heteroatoms. The van der Waals surface area contributed by atoms with Gasteiger partial charge in [0.2, 0.25) is 0 Å². The molecule has 0 saturated carbocycles. The second-order valence-corrected chi connectivity index (χ2v) is 7.92. The number of amides is 1. The van der Waals surface area contributed by atoms with Crippen LogP contribution in [0.25, 0.3) is 11.0 Å². The molecule has 1 unspecified atom stereocenters. The lowest BCUT2D eigenvalue weighted by molar-refractivity contribution is 0.102. The molecule has 4 rings (SSSR count). The molecule has 3 heterocycles. The molecule has 0 radical (unpaired) electrons. The number of fused-ring (bicyclic) bond motifs is 1. The molecular weight excluding hydrogens is 362 g/mol. The number of likely N-dealkylation sites (tertiary alicyclic amines) is 1. The summed E-state index contributed by atoms with van der Waals surface area (Å²) in [6.07, 6.45) is 2.50. The Balaban J connectivity index is 1.46. The minimum absolute atomic E-state index is 0.0182. The van der Waals surface area contributed by atoms with Gasteiger partial charge in [-0.2, -0.15) is 0 Å². The number of nitrogens with zero attached hydrogens (tertiary/aromatic N) is 2. The quantitative estimate of drug-likeness (QED) is 0.695. The normalized spacial score (nSPS) is 17.9. The third kappa shape index (κ3) is 4.09. The zero-order chi connectivity index (χ0) is 18.8. The van der Waals surface area contributed by atoms with Crippen molar-refractivity contribution in [3.8, 4) is 0 Å². The third-order valence-electron chi connectivity index (χ3n) is 4.78. The highest BCUT2D eigenvalue weighted by atomic mass is 32.1. The molecule has 1 saturated heterocycles. The van der Waals surface area contributed by atoms with Gasteiger partial charge in [-0.15, -0.1) is 11.3 Å². The van der Waals surface area contributed by atoms with Crippen molar-refractivity contribution < 1.29 is 9.21 Å². The van der Waals surface area contributed by atoms with Crippen molar-refractivity contribution in [2.45, 2.75) is 26.3 Å². The van der Waals surface area contributed by atoms with E-state index >= 15 is 0 Å². The number of hydrogen-bond acceptors (Lipinski definition) is 6. The lowest BCUT2D eigenvalue weighted by Crippen LogP contribution is -2.33. The van der Waals surface area contributed by atoms with Crippen molar-refractivity contribution in [2.75, 3.05) is 18.4 Å². The molecular formula is C20H21N3O3S. The van der Waals surface area contributed by atoms with E-state index < -0.39 is 11.5 Å². The van der Waals surface area contributed by atoms with E-state index in [1.54, 1.807) is 24.3 Å². The van der Waals surface area contributed by atoms with Crippen molar-refractivity contribution in [1.82, 2.24) is 9.88 Å². The van der Waals surface area contributed by atoms with Gasteiger partial charge in [-0.1, -0.05) is 25.1 Å². The Morgan fingerprint density at radius 2 is 2.26 bits per heavy atom. The van der Waals surface area contributed by atoms with Gasteiger partial charge < -0.3 is 4.42 Å². The molecule has 140 valence electrons. The van der Waals surface area contributed by atoms with Gasteiger partial charge in [0.05, 0.1) is 5.69 Å². The van der Waals surface area contributed by atoms with Crippen LogP contribution < -0.4 is 10.9 Å². The van der Waals surface area contributed by atoms with Gasteiger partial charge in [0.1, 0.15) is 11.1 Å². The maximum absolute atomic E-state index is 12.5. The number of aromatic nitrogens is 1. The summed E-state index contributed by atoms with van der Waals surface area (Å²) >= 11 is 1.37. The molecule has 0 spiro atoms. The van der Waals surface area contributed by atoms with Gasteiger partial charge in [0.25, 0.3) is 5.91 Å². The second kappa shape index (κ2) is 7.62. The largest absolute Gasteiger partial charge is 0.422 e. The number of nitrogens with one attached hydrogen (secondary N) is 1. The molecule has 3 aromatic rings. The summed E-state index contributed by atoms with van der Waals surface area (Å²) in [7, 11) is 0. The predicted octanol–water partition coefficient (Wildman–Crippen LogP) is 3.73. The number of thiazole rings is 1. The van der Waals surface area contributed by atoms with Crippen molar-refractivity contribution >= 4 is 33.3 Å². The van der Waals surface area contributed by atoms with Crippen LogP contribution in [0, 0.1) is 5.92 Å². The number of benzene rings is 1. The van der Waals surface area contributed by atoms with E-state index in [1.807, 2.05) is 11.4 Å². The van der Waals surface area contributed by atoms with Crippen LogP contribution in [0.15, 0.2) is 44.9 Å². The second-order valence-electron chi connectivity index (χ2n) is 7.07. The summed E-state index contributed by atoms with van der Waals surface area (Å²) in [6, 6.07) is 8.67. The van der Waals surface area contributed by atoms with E-state index in [0.29, 0.717) is 22.0 Å². The predicted molar refractivity (Wildman–Crippen MR) is 106 cm³/mol. The summed E-state index contributed by atoms with van der Waals surface area (Å²) in [5.74, 6) is 0.214. The fourth-order valence-corrected chi connectivity index (χ4v) is 4.18. The molecule has 2 aromatic heterocycles. The number of para-hydroxylation sites is 1. The Bertz CT molecular complexity index is 1030. The van der Waals surface area contributed by atoms with Crippen molar-refractivity contribution in [1.29, 1.82) is 0 Å². The van der Waals surface area contributed by atoms with E-state index in [9.17, 15) is 9.59 Å². The minimum Gasteiger partial charge on any atom is -0.422 e. The first kappa shape index (κ1) is 17.9. The number of carbonyl (C=O) groups excluding carboxylic acids is 1. The van der Waals surface area contributed by atoms with E-state index in [4.69, 9.17) is 4.42 Å². The molecule has 1 aliphatic heterocycles. The van der Waals surface area contributed by atoms with Gasteiger partial charge in [0, 0.05) is 23.9 Å². The SMILES string of the molecule is CC1CCCN(Cc2csc(NC(=O)c3cc4ccccc4oc3=O)n2)C1. The van der Waals surface area contributed by atoms with Gasteiger partial charge in [-0.25, -0.2) is 9.78 Å². The highest BCUT2D eigenvalue weighted by molar-refractivity contribution is 7.13. The highest BCUT2D eigenvalue weighted by Crippen LogP contribution is 2.21. The van der Waals surface area contributed by atoms with E-state index in [1.165, 1.54) is 24.2 Å². The lowest BCUT2D eigenvalue weighted by Gasteiger charge is -2.30. The van der Waals surface area contributed by atoms with Crippen LogP contribution in [0.2, 0.25) is 0 Å². The molecule has 0 bridgehead atoms. The average molecular weight is 383 g/mol. The number of hydrogen-bond donors (Lipinski definition) is 1. The topological polar surface area (TPSA) is 75.4 Å². The van der Waals surface area contributed by atoms with Crippen LogP contribution in [-0.2, 0) is 6.54 Å². The van der Waals surface area contributed by atoms with Crippen molar-refractivity contribution in [3.63, 3.8) is 0 Å². The Labute approximate surface area is 160 Å². The third-order valence-corrected chi connectivity index (χ3v) is 5.59. The summed E-state index contributed by atoms with van der Waals surface area (Å²) < 4.78 is 5.23. The molecule has 1 amide bonds. The van der Waals surface area contributed by atoms with E-state index in [-0.39, 0.29) is 5.56 Å². The van der Waals surface area contributed by atoms with Crippen LogP contribution in [0.3, 0.4) is 0 Å². The van der Waals surface area contributed by atoms with Gasteiger partial charge in [-0.3, -0.25) is 15.0 Å². The van der Waals surface area contributed by atoms with Gasteiger partial charge in [0.15, 0.2) is 5.13 Å². The molecule has 6 nitrogen and oxygen atoms in total. The number of carbonyl (C=O) groups is 1.